The van der Waals surface area contributed by atoms with Crippen LogP contribution in [0.1, 0.15) is 48.9 Å². The molecule has 5 heteroatoms. The third-order valence-corrected chi connectivity index (χ3v) is 5.14. The van der Waals surface area contributed by atoms with E-state index in [2.05, 4.69) is 10.2 Å². The van der Waals surface area contributed by atoms with Gasteiger partial charge in [-0.15, -0.1) is 0 Å². The van der Waals surface area contributed by atoms with Gasteiger partial charge in [0, 0.05) is 30.7 Å². The molecule has 1 aromatic carbocycles. The first kappa shape index (κ1) is 16.3. The molecule has 3 N–H and O–H groups in total. The van der Waals surface area contributed by atoms with Crippen molar-refractivity contribution in [3.63, 3.8) is 0 Å². The molecule has 2 fully saturated rings. The Bertz CT molecular complexity index is 541. The summed E-state index contributed by atoms with van der Waals surface area (Å²) in [6.45, 7) is 1.85. The lowest BCUT2D eigenvalue weighted by atomic mass is 9.89. The van der Waals surface area contributed by atoms with Gasteiger partial charge in [0.25, 0.3) is 5.91 Å². The summed E-state index contributed by atoms with van der Waals surface area (Å²) in [5, 5.41) is 22.7. The number of amides is 1. The first-order valence-corrected chi connectivity index (χ1v) is 8.65. The van der Waals surface area contributed by atoms with Crippen LogP contribution in [0.25, 0.3) is 0 Å². The molecule has 0 radical (unpaired) electrons. The number of phenols is 1. The van der Waals surface area contributed by atoms with Gasteiger partial charge in [-0.3, -0.25) is 9.69 Å². The SMILES string of the molecule is O=C(NC1CCN(C2CCCCC2O)CC1)c1cccc(O)c1. The van der Waals surface area contributed by atoms with Gasteiger partial charge in [-0.05, 0) is 43.9 Å². The molecule has 0 bridgehead atoms. The fourth-order valence-electron chi connectivity index (χ4n) is 3.81. The molecule has 1 heterocycles. The normalized spacial score (nSPS) is 26.8. The number of hydrogen-bond donors (Lipinski definition) is 3. The van der Waals surface area contributed by atoms with Crippen molar-refractivity contribution in [3.05, 3.63) is 29.8 Å². The van der Waals surface area contributed by atoms with Crippen molar-refractivity contribution >= 4 is 5.91 Å². The maximum absolute atomic E-state index is 12.2. The van der Waals surface area contributed by atoms with Crippen molar-refractivity contribution in [1.82, 2.24) is 10.2 Å². The zero-order chi connectivity index (χ0) is 16.2. The second kappa shape index (κ2) is 7.32. The van der Waals surface area contributed by atoms with E-state index >= 15 is 0 Å². The van der Waals surface area contributed by atoms with Crippen molar-refractivity contribution < 1.29 is 15.0 Å². The summed E-state index contributed by atoms with van der Waals surface area (Å²) in [6.07, 6.45) is 5.97. The molecule has 23 heavy (non-hydrogen) atoms. The van der Waals surface area contributed by atoms with E-state index in [-0.39, 0.29) is 23.8 Å². The zero-order valence-corrected chi connectivity index (χ0v) is 13.4. The Labute approximate surface area is 137 Å². The van der Waals surface area contributed by atoms with E-state index in [0.29, 0.717) is 11.6 Å². The summed E-state index contributed by atoms with van der Waals surface area (Å²) in [4.78, 5) is 14.6. The third kappa shape index (κ3) is 4.03. The largest absolute Gasteiger partial charge is 0.508 e. The summed E-state index contributed by atoms with van der Waals surface area (Å²) >= 11 is 0. The first-order valence-electron chi connectivity index (χ1n) is 8.65. The Balaban J connectivity index is 1.50. The summed E-state index contributed by atoms with van der Waals surface area (Å²) in [5.41, 5.74) is 0.495. The molecular weight excluding hydrogens is 292 g/mol. The highest BCUT2D eigenvalue weighted by atomic mass is 16.3. The van der Waals surface area contributed by atoms with Crippen LogP contribution in [0.4, 0.5) is 0 Å². The van der Waals surface area contributed by atoms with E-state index in [4.69, 9.17) is 0 Å². The molecule has 1 aliphatic heterocycles. The maximum atomic E-state index is 12.2. The number of carbonyl (C=O) groups is 1. The fraction of sp³-hybridized carbons (Fsp3) is 0.611. The minimum Gasteiger partial charge on any atom is -0.508 e. The number of hydrogen-bond acceptors (Lipinski definition) is 4. The molecule has 2 atom stereocenters. The van der Waals surface area contributed by atoms with Crippen molar-refractivity contribution in [2.45, 2.75) is 56.7 Å². The summed E-state index contributed by atoms with van der Waals surface area (Å²) in [7, 11) is 0. The van der Waals surface area contributed by atoms with Crippen LogP contribution in [0.2, 0.25) is 0 Å². The number of aliphatic hydroxyl groups excluding tert-OH is 1. The average molecular weight is 318 g/mol. The van der Waals surface area contributed by atoms with Gasteiger partial charge in [-0.25, -0.2) is 0 Å². The smallest absolute Gasteiger partial charge is 0.251 e. The zero-order valence-electron chi connectivity index (χ0n) is 13.4. The minimum absolute atomic E-state index is 0.110. The molecule has 5 nitrogen and oxygen atoms in total. The van der Waals surface area contributed by atoms with E-state index in [1.54, 1.807) is 18.2 Å². The lowest BCUT2D eigenvalue weighted by Crippen LogP contribution is -2.52. The number of nitrogens with one attached hydrogen (secondary N) is 1. The molecule has 1 aliphatic carbocycles. The van der Waals surface area contributed by atoms with E-state index in [1.807, 2.05) is 0 Å². The van der Waals surface area contributed by atoms with Crippen LogP contribution >= 0.6 is 0 Å². The number of benzene rings is 1. The Morgan fingerprint density at radius 1 is 1.13 bits per heavy atom. The van der Waals surface area contributed by atoms with Crippen LogP contribution in [-0.2, 0) is 0 Å². The Kier molecular flexibility index (Phi) is 5.18. The van der Waals surface area contributed by atoms with E-state index < -0.39 is 0 Å². The highest BCUT2D eigenvalue weighted by molar-refractivity contribution is 5.94. The lowest BCUT2D eigenvalue weighted by molar-refractivity contribution is 0.00727. The van der Waals surface area contributed by atoms with Crippen LogP contribution < -0.4 is 5.32 Å². The minimum atomic E-state index is -0.192. The monoisotopic (exact) mass is 318 g/mol. The van der Waals surface area contributed by atoms with Crippen molar-refractivity contribution in [2.75, 3.05) is 13.1 Å². The quantitative estimate of drug-likeness (QED) is 0.796. The maximum Gasteiger partial charge on any atom is 0.251 e. The molecule has 0 spiro atoms. The van der Waals surface area contributed by atoms with Gasteiger partial charge in [0.1, 0.15) is 5.75 Å². The predicted molar refractivity (Wildman–Crippen MR) is 88.4 cm³/mol. The fourth-order valence-corrected chi connectivity index (χ4v) is 3.81. The molecule has 2 unspecified atom stereocenters. The van der Waals surface area contributed by atoms with Crippen molar-refractivity contribution in [3.8, 4) is 5.75 Å². The summed E-state index contributed by atoms with van der Waals surface area (Å²) < 4.78 is 0. The van der Waals surface area contributed by atoms with Crippen LogP contribution in [0, 0.1) is 0 Å². The van der Waals surface area contributed by atoms with E-state index in [1.165, 1.54) is 12.5 Å². The number of nitrogens with zero attached hydrogens (tertiary/aromatic N) is 1. The van der Waals surface area contributed by atoms with Gasteiger partial charge in [0.15, 0.2) is 0 Å². The van der Waals surface area contributed by atoms with E-state index in [0.717, 1.165) is 45.2 Å². The first-order chi connectivity index (χ1) is 11.1. The lowest BCUT2D eigenvalue weighted by Gasteiger charge is -2.41. The summed E-state index contributed by atoms with van der Waals surface area (Å²) in [5.74, 6) is -0.0178. The highest BCUT2D eigenvalue weighted by Gasteiger charge is 2.31. The molecule has 1 aromatic rings. The van der Waals surface area contributed by atoms with Gasteiger partial charge in [0.2, 0.25) is 0 Å². The Morgan fingerprint density at radius 2 is 1.87 bits per heavy atom. The van der Waals surface area contributed by atoms with Crippen LogP contribution in [0.5, 0.6) is 5.75 Å². The van der Waals surface area contributed by atoms with Crippen molar-refractivity contribution in [1.29, 1.82) is 0 Å². The van der Waals surface area contributed by atoms with Gasteiger partial charge >= 0.3 is 0 Å². The molecule has 3 rings (SSSR count). The Morgan fingerprint density at radius 3 is 2.57 bits per heavy atom. The van der Waals surface area contributed by atoms with Gasteiger partial charge in [0.05, 0.1) is 6.10 Å². The number of rotatable bonds is 3. The molecule has 126 valence electrons. The van der Waals surface area contributed by atoms with Crippen molar-refractivity contribution in [2.24, 2.45) is 0 Å². The number of carbonyl (C=O) groups excluding carboxylic acids is 1. The number of aromatic hydroxyl groups is 1. The van der Waals surface area contributed by atoms with Crippen LogP contribution in [-0.4, -0.2) is 52.3 Å². The molecule has 1 saturated heterocycles. The van der Waals surface area contributed by atoms with Crippen LogP contribution in [0.3, 0.4) is 0 Å². The average Bonchev–Trinajstić information content (AvgIpc) is 2.56. The summed E-state index contributed by atoms with van der Waals surface area (Å²) in [6, 6.07) is 6.90. The molecule has 0 aromatic heterocycles. The van der Waals surface area contributed by atoms with E-state index in [9.17, 15) is 15.0 Å². The Hall–Kier alpha value is -1.59. The number of likely N-dealkylation sites (tertiary alicyclic amines) is 1. The van der Waals surface area contributed by atoms with Gasteiger partial charge < -0.3 is 15.5 Å². The topological polar surface area (TPSA) is 72.8 Å². The third-order valence-electron chi connectivity index (χ3n) is 5.14. The number of phenolic OH excluding ortho intramolecular Hbond substituents is 1. The second-order valence-electron chi connectivity index (χ2n) is 6.75. The molecule has 1 saturated carbocycles. The molecular formula is C18H26N2O3. The second-order valence-corrected chi connectivity index (χ2v) is 6.75. The molecule has 1 amide bonds. The van der Waals surface area contributed by atoms with Crippen LogP contribution in [0.15, 0.2) is 24.3 Å². The number of piperidine rings is 1. The van der Waals surface area contributed by atoms with Gasteiger partial charge in [-0.2, -0.15) is 0 Å². The highest BCUT2D eigenvalue weighted by Crippen LogP contribution is 2.26. The predicted octanol–water partition coefficient (Wildman–Crippen LogP) is 1.89. The molecule has 2 aliphatic rings. The number of aliphatic hydroxyl groups is 1. The standard InChI is InChI=1S/C18H26N2O3/c21-15-5-3-4-13(12-15)18(23)19-14-8-10-20(11-9-14)16-6-1-2-7-17(16)22/h3-5,12,14,16-17,21-22H,1-2,6-11H2,(H,19,23). The van der Waals surface area contributed by atoms with Gasteiger partial charge in [-0.1, -0.05) is 18.9 Å².